The number of amides is 1. The molecule has 1 aromatic heterocycles. The summed E-state index contributed by atoms with van der Waals surface area (Å²) in [5, 5.41) is 3.28. The molecule has 1 amide bonds. The highest BCUT2D eigenvalue weighted by atomic mass is 16.2. The fourth-order valence-electron chi connectivity index (χ4n) is 2.14. The number of pyridine rings is 1. The van der Waals surface area contributed by atoms with Gasteiger partial charge >= 0.3 is 0 Å². The molecule has 2 rings (SSSR count). The SMILES string of the molecule is CC(C(=O)N1CCCNCC1)n1ccc(=O)cc1. The molecule has 0 aliphatic carbocycles. The zero-order valence-corrected chi connectivity index (χ0v) is 10.6. The highest BCUT2D eigenvalue weighted by Gasteiger charge is 2.21. The Kier molecular flexibility index (Phi) is 4.15. The van der Waals surface area contributed by atoms with Crippen molar-refractivity contribution in [3.8, 4) is 0 Å². The minimum absolute atomic E-state index is 0.0372. The number of hydrogen-bond acceptors (Lipinski definition) is 3. The second kappa shape index (κ2) is 5.82. The zero-order valence-electron chi connectivity index (χ0n) is 10.6. The van der Waals surface area contributed by atoms with Crippen molar-refractivity contribution in [3.63, 3.8) is 0 Å². The molecule has 0 saturated carbocycles. The lowest BCUT2D eigenvalue weighted by molar-refractivity contribution is -0.134. The quantitative estimate of drug-likeness (QED) is 0.816. The van der Waals surface area contributed by atoms with Crippen LogP contribution in [0.2, 0.25) is 0 Å². The molecule has 1 aliphatic heterocycles. The fourth-order valence-corrected chi connectivity index (χ4v) is 2.14. The summed E-state index contributed by atoms with van der Waals surface area (Å²) in [6.45, 7) is 5.24. The van der Waals surface area contributed by atoms with Crippen molar-refractivity contribution in [2.45, 2.75) is 19.4 Å². The van der Waals surface area contributed by atoms with Crippen LogP contribution in [-0.2, 0) is 4.79 Å². The van der Waals surface area contributed by atoms with E-state index in [-0.39, 0.29) is 17.4 Å². The van der Waals surface area contributed by atoms with Crippen LogP contribution in [0.1, 0.15) is 19.4 Å². The van der Waals surface area contributed by atoms with Gasteiger partial charge in [-0.2, -0.15) is 0 Å². The van der Waals surface area contributed by atoms with Gasteiger partial charge in [-0.3, -0.25) is 9.59 Å². The third kappa shape index (κ3) is 2.98. The van der Waals surface area contributed by atoms with Crippen molar-refractivity contribution >= 4 is 5.91 Å². The van der Waals surface area contributed by atoms with Crippen molar-refractivity contribution in [3.05, 3.63) is 34.7 Å². The van der Waals surface area contributed by atoms with Crippen LogP contribution in [0.15, 0.2) is 29.3 Å². The van der Waals surface area contributed by atoms with E-state index < -0.39 is 0 Å². The number of nitrogens with one attached hydrogen (secondary N) is 1. The van der Waals surface area contributed by atoms with Gasteiger partial charge in [-0.05, 0) is 19.9 Å². The topological polar surface area (TPSA) is 54.3 Å². The molecule has 0 aromatic carbocycles. The number of carbonyl (C=O) groups excluding carboxylic acids is 1. The monoisotopic (exact) mass is 249 g/mol. The van der Waals surface area contributed by atoms with Gasteiger partial charge < -0.3 is 14.8 Å². The summed E-state index contributed by atoms with van der Waals surface area (Å²) in [6.07, 6.45) is 4.32. The largest absolute Gasteiger partial charge is 0.342 e. The van der Waals surface area contributed by atoms with E-state index >= 15 is 0 Å². The molecule has 1 fully saturated rings. The average molecular weight is 249 g/mol. The summed E-state index contributed by atoms with van der Waals surface area (Å²) in [5.74, 6) is 0.113. The van der Waals surface area contributed by atoms with Crippen molar-refractivity contribution in [1.82, 2.24) is 14.8 Å². The Balaban J connectivity index is 2.07. The summed E-state index contributed by atoms with van der Waals surface area (Å²) in [5.41, 5.74) is -0.0372. The molecule has 18 heavy (non-hydrogen) atoms. The molecule has 1 N–H and O–H groups in total. The first-order valence-corrected chi connectivity index (χ1v) is 6.36. The lowest BCUT2D eigenvalue weighted by Gasteiger charge is -2.25. The highest BCUT2D eigenvalue weighted by molar-refractivity contribution is 5.80. The maximum absolute atomic E-state index is 12.3. The predicted molar refractivity (Wildman–Crippen MR) is 69.5 cm³/mol. The van der Waals surface area contributed by atoms with Gasteiger partial charge in [0.2, 0.25) is 5.91 Å². The second-order valence-electron chi connectivity index (χ2n) is 4.59. The molecule has 0 radical (unpaired) electrons. The number of aromatic nitrogens is 1. The van der Waals surface area contributed by atoms with Gasteiger partial charge in [0.25, 0.3) is 0 Å². The summed E-state index contributed by atoms with van der Waals surface area (Å²) < 4.78 is 1.78. The molecule has 2 heterocycles. The Morgan fingerprint density at radius 3 is 2.72 bits per heavy atom. The highest BCUT2D eigenvalue weighted by Crippen LogP contribution is 2.10. The van der Waals surface area contributed by atoms with E-state index in [2.05, 4.69) is 5.32 Å². The van der Waals surface area contributed by atoms with Crippen LogP contribution in [0.4, 0.5) is 0 Å². The second-order valence-corrected chi connectivity index (χ2v) is 4.59. The molecule has 5 heteroatoms. The summed E-state index contributed by atoms with van der Waals surface area (Å²) >= 11 is 0. The maximum Gasteiger partial charge on any atom is 0.245 e. The Hall–Kier alpha value is -1.62. The minimum atomic E-state index is -0.260. The molecule has 98 valence electrons. The van der Waals surface area contributed by atoms with Crippen LogP contribution in [0.25, 0.3) is 0 Å². The lowest BCUT2D eigenvalue weighted by atomic mass is 10.2. The van der Waals surface area contributed by atoms with Crippen molar-refractivity contribution in [2.24, 2.45) is 0 Å². The minimum Gasteiger partial charge on any atom is -0.342 e. The maximum atomic E-state index is 12.3. The van der Waals surface area contributed by atoms with Crippen molar-refractivity contribution < 1.29 is 4.79 Å². The van der Waals surface area contributed by atoms with Crippen LogP contribution in [0.3, 0.4) is 0 Å². The van der Waals surface area contributed by atoms with E-state index in [9.17, 15) is 9.59 Å². The standard InChI is InChI=1S/C13H19N3O2/c1-11(15-8-3-12(17)4-9-15)13(18)16-7-2-5-14-6-10-16/h3-4,8-9,11,14H,2,5-7,10H2,1H3. The summed E-state index contributed by atoms with van der Waals surface area (Å²) in [4.78, 5) is 25.3. The Labute approximate surface area is 106 Å². The Bertz CT molecular complexity index is 441. The lowest BCUT2D eigenvalue weighted by Crippen LogP contribution is -2.38. The van der Waals surface area contributed by atoms with Gasteiger partial charge in [-0.15, -0.1) is 0 Å². The van der Waals surface area contributed by atoms with E-state index in [4.69, 9.17) is 0 Å². The first kappa shape index (κ1) is 12.8. The van der Waals surface area contributed by atoms with Gasteiger partial charge in [0.15, 0.2) is 5.43 Å². The van der Waals surface area contributed by atoms with Gasteiger partial charge in [-0.1, -0.05) is 0 Å². The number of carbonyl (C=O) groups is 1. The van der Waals surface area contributed by atoms with Crippen LogP contribution in [0, 0.1) is 0 Å². The first-order chi connectivity index (χ1) is 8.68. The molecule has 0 bridgehead atoms. The Morgan fingerprint density at radius 1 is 1.28 bits per heavy atom. The van der Waals surface area contributed by atoms with E-state index in [1.807, 2.05) is 11.8 Å². The van der Waals surface area contributed by atoms with E-state index in [0.717, 1.165) is 32.6 Å². The zero-order chi connectivity index (χ0) is 13.0. The molecule has 1 atom stereocenters. The first-order valence-electron chi connectivity index (χ1n) is 6.36. The summed E-state index contributed by atoms with van der Waals surface area (Å²) in [6, 6.07) is 2.70. The normalized spacial score (nSPS) is 18.2. The predicted octanol–water partition coefficient (Wildman–Crippen LogP) is 0.231. The average Bonchev–Trinajstić information content (AvgIpc) is 2.67. The molecule has 0 spiro atoms. The molecule has 1 aliphatic rings. The Morgan fingerprint density at radius 2 is 2.00 bits per heavy atom. The number of rotatable bonds is 2. The van der Waals surface area contributed by atoms with Gasteiger partial charge in [0.05, 0.1) is 0 Å². The van der Waals surface area contributed by atoms with E-state index in [1.54, 1.807) is 17.0 Å². The third-order valence-corrected chi connectivity index (χ3v) is 3.28. The molecule has 1 aromatic rings. The van der Waals surface area contributed by atoms with Crippen LogP contribution >= 0.6 is 0 Å². The van der Waals surface area contributed by atoms with Crippen molar-refractivity contribution in [2.75, 3.05) is 26.2 Å². The number of hydrogen-bond donors (Lipinski definition) is 1. The smallest absolute Gasteiger partial charge is 0.245 e. The summed E-state index contributed by atoms with van der Waals surface area (Å²) in [7, 11) is 0. The molecule has 5 nitrogen and oxygen atoms in total. The molecule has 1 unspecified atom stereocenters. The van der Waals surface area contributed by atoms with Gasteiger partial charge in [0, 0.05) is 44.2 Å². The van der Waals surface area contributed by atoms with Gasteiger partial charge in [-0.25, -0.2) is 0 Å². The van der Waals surface area contributed by atoms with Crippen LogP contribution < -0.4 is 10.7 Å². The molecular weight excluding hydrogens is 230 g/mol. The van der Waals surface area contributed by atoms with Crippen LogP contribution in [0.5, 0.6) is 0 Å². The number of nitrogens with zero attached hydrogens (tertiary/aromatic N) is 2. The van der Waals surface area contributed by atoms with Crippen molar-refractivity contribution in [1.29, 1.82) is 0 Å². The van der Waals surface area contributed by atoms with E-state index in [1.165, 1.54) is 12.1 Å². The van der Waals surface area contributed by atoms with E-state index in [0.29, 0.717) is 0 Å². The fraction of sp³-hybridized carbons (Fsp3) is 0.538. The third-order valence-electron chi connectivity index (χ3n) is 3.28. The van der Waals surface area contributed by atoms with Gasteiger partial charge in [0.1, 0.15) is 6.04 Å². The van der Waals surface area contributed by atoms with Crippen LogP contribution in [-0.4, -0.2) is 41.6 Å². The molecular formula is C13H19N3O2. The molecule has 1 saturated heterocycles.